The number of benzene rings is 1. The molecule has 3 atom stereocenters. The lowest BCUT2D eigenvalue weighted by Crippen LogP contribution is -2.54. The highest BCUT2D eigenvalue weighted by Crippen LogP contribution is 2.46. The van der Waals surface area contributed by atoms with Gasteiger partial charge in [0.25, 0.3) is 0 Å². The quantitative estimate of drug-likeness (QED) is 0.830. The van der Waals surface area contributed by atoms with Crippen molar-refractivity contribution in [1.29, 1.82) is 0 Å². The number of fused-ring (bicyclic) bond motifs is 1. The van der Waals surface area contributed by atoms with E-state index >= 15 is 0 Å². The van der Waals surface area contributed by atoms with Crippen molar-refractivity contribution in [3.05, 3.63) is 29.8 Å². The molecule has 0 amide bonds. The van der Waals surface area contributed by atoms with Gasteiger partial charge in [-0.2, -0.15) is 0 Å². The normalized spacial score (nSPS) is 35.0. The molecule has 0 aromatic heterocycles. The molecular weight excluding hydrogens is 226 g/mol. The third-order valence-corrected chi connectivity index (χ3v) is 4.38. The summed E-state index contributed by atoms with van der Waals surface area (Å²) in [4.78, 5) is 0. The fraction of sp³-hybridized carbons (Fsp3) is 0.600. The molecule has 1 heterocycles. The van der Waals surface area contributed by atoms with Gasteiger partial charge in [0.2, 0.25) is 0 Å². The second kappa shape index (κ2) is 4.56. The van der Waals surface area contributed by atoms with Crippen molar-refractivity contribution in [2.45, 2.75) is 49.9 Å². The van der Waals surface area contributed by atoms with Gasteiger partial charge in [-0.1, -0.05) is 24.6 Å². The Labute approximate surface area is 108 Å². The van der Waals surface area contributed by atoms with Crippen molar-refractivity contribution in [3.63, 3.8) is 0 Å². The Hall–Kier alpha value is -1.06. The number of ether oxygens (including phenoxy) is 2. The van der Waals surface area contributed by atoms with Crippen LogP contribution in [0.3, 0.4) is 0 Å². The van der Waals surface area contributed by atoms with Crippen LogP contribution in [0.2, 0.25) is 0 Å². The predicted molar refractivity (Wildman–Crippen MR) is 70.6 cm³/mol. The first-order valence-electron chi connectivity index (χ1n) is 6.81. The highest BCUT2D eigenvalue weighted by Gasteiger charge is 2.47. The molecule has 1 saturated carbocycles. The molecule has 0 radical (unpaired) electrons. The van der Waals surface area contributed by atoms with Crippen molar-refractivity contribution in [1.82, 2.24) is 0 Å². The zero-order valence-corrected chi connectivity index (χ0v) is 10.9. The molecule has 2 N–H and O–H groups in total. The van der Waals surface area contributed by atoms with Gasteiger partial charge in [-0.25, -0.2) is 0 Å². The van der Waals surface area contributed by atoms with Gasteiger partial charge >= 0.3 is 0 Å². The summed E-state index contributed by atoms with van der Waals surface area (Å²) in [6, 6.07) is 8.18. The van der Waals surface area contributed by atoms with Gasteiger partial charge in [-0.05, 0) is 25.3 Å². The van der Waals surface area contributed by atoms with Gasteiger partial charge in [0.1, 0.15) is 11.4 Å². The molecule has 1 aromatic rings. The van der Waals surface area contributed by atoms with Crippen LogP contribution >= 0.6 is 0 Å². The SMILES string of the molecule is COC1CCCCC12C[C@H](N)c1ccccc1O2. The molecule has 1 spiro atoms. The van der Waals surface area contributed by atoms with E-state index in [1.54, 1.807) is 7.11 Å². The van der Waals surface area contributed by atoms with E-state index in [1.807, 2.05) is 18.2 Å². The first-order chi connectivity index (χ1) is 8.75. The topological polar surface area (TPSA) is 44.5 Å². The van der Waals surface area contributed by atoms with E-state index in [9.17, 15) is 0 Å². The van der Waals surface area contributed by atoms with E-state index in [0.717, 1.165) is 30.6 Å². The molecule has 2 aliphatic rings. The summed E-state index contributed by atoms with van der Waals surface area (Å²) in [5.41, 5.74) is 7.25. The van der Waals surface area contributed by atoms with Crippen LogP contribution in [0.25, 0.3) is 0 Å². The fourth-order valence-corrected chi connectivity index (χ4v) is 3.48. The molecular formula is C15H21NO2. The van der Waals surface area contributed by atoms with E-state index in [1.165, 1.54) is 12.8 Å². The van der Waals surface area contributed by atoms with E-state index in [-0.39, 0.29) is 17.7 Å². The molecule has 3 rings (SSSR count). The Morgan fingerprint density at radius 3 is 3.00 bits per heavy atom. The maximum absolute atomic E-state index is 6.33. The van der Waals surface area contributed by atoms with Gasteiger partial charge in [0.15, 0.2) is 0 Å². The van der Waals surface area contributed by atoms with Crippen LogP contribution in [0.4, 0.5) is 0 Å². The minimum atomic E-state index is -0.208. The summed E-state index contributed by atoms with van der Waals surface area (Å²) < 4.78 is 12.0. The molecule has 2 unspecified atom stereocenters. The van der Waals surface area contributed by atoms with E-state index in [4.69, 9.17) is 15.2 Å². The number of nitrogens with two attached hydrogens (primary N) is 1. The van der Waals surface area contributed by atoms with E-state index in [2.05, 4.69) is 6.07 Å². The number of hydrogen-bond donors (Lipinski definition) is 1. The van der Waals surface area contributed by atoms with Crippen LogP contribution < -0.4 is 10.5 Å². The molecule has 0 bridgehead atoms. The van der Waals surface area contributed by atoms with Crippen LogP contribution in [0.5, 0.6) is 5.75 Å². The Bertz CT molecular complexity index is 434. The highest BCUT2D eigenvalue weighted by atomic mass is 16.5. The Morgan fingerprint density at radius 1 is 1.33 bits per heavy atom. The van der Waals surface area contributed by atoms with Gasteiger partial charge < -0.3 is 15.2 Å². The third kappa shape index (κ3) is 1.82. The Balaban J connectivity index is 1.96. The average Bonchev–Trinajstić information content (AvgIpc) is 2.39. The first-order valence-corrected chi connectivity index (χ1v) is 6.81. The van der Waals surface area contributed by atoms with Crippen molar-refractivity contribution < 1.29 is 9.47 Å². The number of rotatable bonds is 1. The largest absolute Gasteiger partial charge is 0.484 e. The molecule has 1 aliphatic carbocycles. The maximum atomic E-state index is 6.33. The molecule has 1 fully saturated rings. The zero-order valence-electron chi connectivity index (χ0n) is 10.9. The van der Waals surface area contributed by atoms with E-state index in [0.29, 0.717) is 0 Å². The van der Waals surface area contributed by atoms with Crippen LogP contribution in [-0.2, 0) is 4.74 Å². The minimum absolute atomic E-state index is 0.0608. The lowest BCUT2D eigenvalue weighted by atomic mass is 9.75. The lowest BCUT2D eigenvalue weighted by Gasteiger charge is -2.47. The van der Waals surface area contributed by atoms with Crippen LogP contribution in [0, 0.1) is 0 Å². The van der Waals surface area contributed by atoms with Crippen molar-refractivity contribution in [3.8, 4) is 5.75 Å². The van der Waals surface area contributed by atoms with Crippen molar-refractivity contribution >= 4 is 0 Å². The molecule has 3 nitrogen and oxygen atoms in total. The number of hydrogen-bond acceptors (Lipinski definition) is 3. The smallest absolute Gasteiger partial charge is 0.137 e. The van der Waals surface area contributed by atoms with Gasteiger partial charge in [0, 0.05) is 25.1 Å². The summed E-state index contributed by atoms with van der Waals surface area (Å²) in [5.74, 6) is 0.945. The minimum Gasteiger partial charge on any atom is -0.484 e. The summed E-state index contributed by atoms with van der Waals surface area (Å²) in [7, 11) is 1.78. The molecule has 98 valence electrons. The monoisotopic (exact) mass is 247 g/mol. The Morgan fingerprint density at radius 2 is 2.17 bits per heavy atom. The van der Waals surface area contributed by atoms with Crippen molar-refractivity contribution in [2.75, 3.05) is 7.11 Å². The summed E-state index contributed by atoms with van der Waals surface area (Å²) in [6.45, 7) is 0. The lowest BCUT2D eigenvalue weighted by molar-refractivity contribution is -0.114. The van der Waals surface area contributed by atoms with Gasteiger partial charge in [0.05, 0.1) is 6.10 Å². The summed E-state index contributed by atoms with van der Waals surface area (Å²) in [5, 5.41) is 0. The molecule has 1 aromatic carbocycles. The van der Waals surface area contributed by atoms with Crippen molar-refractivity contribution in [2.24, 2.45) is 5.73 Å². The maximum Gasteiger partial charge on any atom is 0.137 e. The molecule has 18 heavy (non-hydrogen) atoms. The van der Waals surface area contributed by atoms with Crippen LogP contribution in [-0.4, -0.2) is 18.8 Å². The second-order valence-electron chi connectivity index (χ2n) is 5.49. The predicted octanol–water partition coefficient (Wildman–Crippen LogP) is 2.80. The standard InChI is InChI=1S/C15H21NO2/c1-17-14-8-4-5-9-15(14)10-12(16)11-6-2-3-7-13(11)18-15/h2-3,6-7,12,14H,4-5,8-10,16H2,1H3/t12-,14?,15?/m0/s1. The fourth-order valence-electron chi connectivity index (χ4n) is 3.48. The van der Waals surface area contributed by atoms with Crippen LogP contribution in [0.15, 0.2) is 24.3 Å². The molecule has 0 saturated heterocycles. The zero-order chi connectivity index (χ0) is 12.6. The van der Waals surface area contributed by atoms with Crippen LogP contribution in [0.1, 0.15) is 43.7 Å². The third-order valence-electron chi connectivity index (χ3n) is 4.38. The highest BCUT2D eigenvalue weighted by molar-refractivity contribution is 5.39. The second-order valence-corrected chi connectivity index (χ2v) is 5.49. The summed E-state index contributed by atoms with van der Waals surface area (Å²) in [6.07, 6.45) is 5.59. The number of methoxy groups -OCH3 is 1. The summed E-state index contributed by atoms with van der Waals surface area (Å²) >= 11 is 0. The number of para-hydroxylation sites is 1. The first kappa shape index (κ1) is 12.0. The van der Waals surface area contributed by atoms with Gasteiger partial charge in [-0.15, -0.1) is 0 Å². The van der Waals surface area contributed by atoms with E-state index < -0.39 is 0 Å². The Kier molecular flexibility index (Phi) is 3.04. The van der Waals surface area contributed by atoms with Gasteiger partial charge in [-0.3, -0.25) is 0 Å². The average molecular weight is 247 g/mol. The molecule has 1 aliphatic heterocycles. The molecule has 3 heteroatoms.